The molecule has 2 fully saturated rings. The molecule has 0 bridgehead atoms. The third-order valence-electron chi connectivity index (χ3n) is 9.19. The fourth-order valence-electron chi connectivity index (χ4n) is 6.37. The van der Waals surface area contributed by atoms with Gasteiger partial charge in [-0.25, -0.2) is 0 Å². The second-order valence-corrected chi connectivity index (χ2v) is 14.7. The average molecular weight is 822 g/mol. The van der Waals surface area contributed by atoms with E-state index in [1.54, 1.807) is 42.5 Å². The van der Waals surface area contributed by atoms with Gasteiger partial charge in [0.15, 0.2) is 11.6 Å². The number of halogens is 3. The van der Waals surface area contributed by atoms with Gasteiger partial charge in [0, 0.05) is 34.6 Å². The third-order valence-corrected chi connectivity index (χ3v) is 10.2. The van der Waals surface area contributed by atoms with Crippen LogP contribution >= 0.6 is 39.1 Å². The van der Waals surface area contributed by atoms with Crippen LogP contribution in [0.4, 0.5) is 0 Å². The molecule has 4 aromatic rings. The highest BCUT2D eigenvalue weighted by molar-refractivity contribution is 9.09. The van der Waals surface area contributed by atoms with Gasteiger partial charge in [0.25, 0.3) is 0 Å². The SMILES string of the molecule is C.CC#N.O=C(CBr)c1ccc(Cl)cc1.O=C(CN1CCCC(CCc2ccccc2)C1)c1ccc(Cl)cc1.c1ccc(CCC2CCCNC2)cc1. The number of nitrogens with one attached hydrogen (secondary N) is 1. The molecule has 0 radical (unpaired) electrons. The number of carbonyl (C=O) groups excluding carboxylic acids is 2. The summed E-state index contributed by atoms with van der Waals surface area (Å²) in [6.45, 7) is 6.46. The lowest BCUT2D eigenvalue weighted by atomic mass is 9.91. The Bertz CT molecular complexity index is 1610. The van der Waals surface area contributed by atoms with Crippen molar-refractivity contribution in [2.75, 3.05) is 38.1 Å². The van der Waals surface area contributed by atoms with Crippen LogP contribution in [0.25, 0.3) is 0 Å². The van der Waals surface area contributed by atoms with Gasteiger partial charge in [-0.3, -0.25) is 14.5 Å². The van der Waals surface area contributed by atoms with Crippen LogP contribution in [0.5, 0.6) is 0 Å². The van der Waals surface area contributed by atoms with Crippen molar-refractivity contribution in [2.45, 2.75) is 65.7 Å². The average Bonchev–Trinajstić information content (AvgIpc) is 3.19. The monoisotopic (exact) mass is 819 g/mol. The first-order chi connectivity index (χ1) is 25.3. The van der Waals surface area contributed by atoms with E-state index in [0.717, 1.165) is 31.0 Å². The van der Waals surface area contributed by atoms with Crippen LogP contribution in [0.3, 0.4) is 0 Å². The van der Waals surface area contributed by atoms with Crippen LogP contribution in [-0.2, 0) is 12.8 Å². The summed E-state index contributed by atoms with van der Waals surface area (Å²) in [5, 5.41) is 12.5. The molecule has 0 aromatic heterocycles. The number of Topliss-reactive ketones (excluding diaryl/α,β-unsaturated/α-hetero) is 2. The maximum atomic E-state index is 12.4. The Hall–Kier alpha value is -3.31. The van der Waals surface area contributed by atoms with Crippen molar-refractivity contribution in [3.8, 4) is 6.07 Å². The van der Waals surface area contributed by atoms with Gasteiger partial charge in [0.1, 0.15) is 0 Å². The zero-order valence-corrected chi connectivity index (χ0v) is 33.4. The van der Waals surface area contributed by atoms with E-state index in [-0.39, 0.29) is 19.0 Å². The first-order valence-electron chi connectivity index (χ1n) is 18.3. The predicted octanol–water partition coefficient (Wildman–Crippen LogP) is 11.6. The number of benzene rings is 4. The highest BCUT2D eigenvalue weighted by Crippen LogP contribution is 2.22. The van der Waals surface area contributed by atoms with Gasteiger partial charge in [-0.1, -0.05) is 107 Å². The minimum atomic E-state index is 0. The number of carbonyl (C=O) groups is 2. The van der Waals surface area contributed by atoms with Gasteiger partial charge in [0.05, 0.1) is 17.9 Å². The Balaban J connectivity index is 0.000000285. The molecule has 0 aliphatic carbocycles. The maximum Gasteiger partial charge on any atom is 0.176 e. The summed E-state index contributed by atoms with van der Waals surface area (Å²) >= 11 is 14.6. The Morgan fingerprint density at radius 3 is 1.70 bits per heavy atom. The standard InChI is InChI=1S/C21H24ClNO.C13H19N.C8H6BrClO.C2H3N.CH4/c22-20-12-10-19(11-13-20)21(24)16-23-14-4-7-18(15-23)9-8-17-5-2-1-3-6-17;1-2-5-12(6-3-1)8-9-13-7-4-10-14-11-13;9-5-8(11)6-1-3-7(10)4-2-6;1-2-3;/h1-3,5-6,10-13,18H,4,7-9,14-16H2;1-3,5-6,13-14H,4,7-11H2;1-4H,5H2;1H3;1H4. The van der Waals surface area contributed by atoms with Crippen molar-refractivity contribution in [2.24, 2.45) is 11.8 Å². The number of piperidine rings is 2. The molecule has 6 rings (SSSR count). The Kier molecular flexibility index (Phi) is 23.6. The fraction of sp³-hybridized carbons (Fsp3) is 0.400. The molecule has 2 aliphatic heterocycles. The molecule has 8 heteroatoms. The molecule has 53 heavy (non-hydrogen) atoms. The number of aryl methyl sites for hydroxylation is 2. The summed E-state index contributed by atoms with van der Waals surface area (Å²) in [7, 11) is 0. The molecule has 0 amide bonds. The van der Waals surface area contributed by atoms with Crippen LogP contribution in [0.1, 0.15) is 84.7 Å². The van der Waals surface area contributed by atoms with Crippen LogP contribution < -0.4 is 5.32 Å². The maximum absolute atomic E-state index is 12.4. The summed E-state index contributed by atoms with van der Waals surface area (Å²) in [5.41, 5.74) is 4.34. The van der Waals surface area contributed by atoms with Crippen molar-refractivity contribution in [3.63, 3.8) is 0 Å². The number of nitrogens with zero attached hydrogens (tertiary/aromatic N) is 2. The molecule has 284 valence electrons. The Morgan fingerprint density at radius 2 is 1.23 bits per heavy atom. The molecular weight excluding hydrogens is 765 g/mol. The van der Waals surface area contributed by atoms with Crippen molar-refractivity contribution in [1.29, 1.82) is 5.26 Å². The molecule has 2 heterocycles. The summed E-state index contributed by atoms with van der Waals surface area (Å²) in [5.74, 6) is 1.86. The van der Waals surface area contributed by atoms with Gasteiger partial charge in [-0.15, -0.1) is 0 Å². The van der Waals surface area contributed by atoms with Gasteiger partial charge >= 0.3 is 0 Å². The van der Waals surface area contributed by atoms with E-state index in [4.69, 9.17) is 28.5 Å². The van der Waals surface area contributed by atoms with E-state index >= 15 is 0 Å². The summed E-state index contributed by atoms with van der Waals surface area (Å²) in [6.07, 6.45) is 10.2. The fourth-order valence-corrected chi connectivity index (χ4v) is 6.95. The third kappa shape index (κ3) is 19.0. The topological polar surface area (TPSA) is 73.2 Å². The van der Waals surface area contributed by atoms with Gasteiger partial charge in [-0.2, -0.15) is 5.26 Å². The van der Waals surface area contributed by atoms with E-state index in [1.165, 1.54) is 76.1 Å². The van der Waals surface area contributed by atoms with Crippen molar-refractivity contribution >= 4 is 50.7 Å². The van der Waals surface area contributed by atoms with Crippen molar-refractivity contribution < 1.29 is 9.59 Å². The molecule has 5 nitrogen and oxygen atoms in total. The number of hydrogen-bond donors (Lipinski definition) is 1. The molecule has 1 N–H and O–H groups in total. The first kappa shape index (κ1) is 45.8. The highest BCUT2D eigenvalue weighted by atomic mass is 79.9. The number of likely N-dealkylation sites (tertiary alicyclic amines) is 1. The van der Waals surface area contributed by atoms with Gasteiger partial charge in [-0.05, 0) is 142 Å². The van der Waals surface area contributed by atoms with E-state index in [0.29, 0.717) is 33.4 Å². The molecular formula is C45H56BrCl2N3O2. The molecule has 2 atom stereocenters. The number of hydrogen-bond acceptors (Lipinski definition) is 5. The van der Waals surface area contributed by atoms with Crippen molar-refractivity contribution in [3.05, 3.63) is 141 Å². The van der Waals surface area contributed by atoms with E-state index in [2.05, 4.69) is 86.8 Å². The van der Waals surface area contributed by atoms with Gasteiger partial charge < -0.3 is 5.32 Å². The highest BCUT2D eigenvalue weighted by Gasteiger charge is 2.22. The molecule has 2 aliphatic rings. The normalized spacial score (nSPS) is 16.4. The minimum absolute atomic E-state index is 0. The second-order valence-electron chi connectivity index (χ2n) is 13.2. The number of rotatable bonds is 11. The predicted molar refractivity (Wildman–Crippen MR) is 228 cm³/mol. The van der Waals surface area contributed by atoms with E-state index in [9.17, 15) is 9.59 Å². The van der Waals surface area contributed by atoms with Crippen LogP contribution in [0.2, 0.25) is 10.0 Å². The summed E-state index contributed by atoms with van der Waals surface area (Å²) in [4.78, 5) is 25.8. The lowest BCUT2D eigenvalue weighted by Gasteiger charge is -2.32. The number of alkyl halides is 1. The number of ketones is 2. The lowest BCUT2D eigenvalue weighted by molar-refractivity contribution is 0.0882. The van der Waals surface area contributed by atoms with Gasteiger partial charge in [0.2, 0.25) is 0 Å². The molecule has 2 unspecified atom stereocenters. The smallest absolute Gasteiger partial charge is 0.176 e. The Labute approximate surface area is 337 Å². The first-order valence-corrected chi connectivity index (χ1v) is 20.1. The minimum Gasteiger partial charge on any atom is -0.316 e. The summed E-state index contributed by atoms with van der Waals surface area (Å²) in [6, 6.07) is 37.3. The second kappa shape index (κ2) is 27.3. The van der Waals surface area contributed by atoms with E-state index in [1.807, 2.05) is 12.1 Å². The zero-order chi connectivity index (χ0) is 37.4. The molecule has 4 aromatic carbocycles. The van der Waals surface area contributed by atoms with Crippen molar-refractivity contribution in [1.82, 2.24) is 10.2 Å². The zero-order valence-electron chi connectivity index (χ0n) is 30.3. The summed E-state index contributed by atoms with van der Waals surface area (Å²) < 4.78 is 0. The lowest BCUT2D eigenvalue weighted by Crippen LogP contribution is -2.39. The van der Waals surface area contributed by atoms with Crippen LogP contribution in [-0.4, -0.2) is 54.5 Å². The number of nitriles is 1. The Morgan fingerprint density at radius 1 is 0.755 bits per heavy atom. The van der Waals surface area contributed by atoms with Crippen LogP contribution in [0.15, 0.2) is 109 Å². The molecule has 0 spiro atoms. The molecule has 2 saturated heterocycles. The van der Waals surface area contributed by atoms with Crippen LogP contribution in [0, 0.1) is 23.2 Å². The molecule has 0 saturated carbocycles. The quantitative estimate of drug-likeness (QED) is 0.120. The van der Waals surface area contributed by atoms with E-state index < -0.39 is 0 Å². The largest absolute Gasteiger partial charge is 0.316 e.